The predicted octanol–water partition coefficient (Wildman–Crippen LogP) is 12.2. The fraction of sp³-hybridized carbons (Fsp3) is 0.178. The maximum absolute atomic E-state index is 4.34. The number of hydrogen-bond donors (Lipinski definition) is 0. The number of fused-ring (bicyclic) bond motifs is 4. The minimum atomic E-state index is 0.0221. The first-order valence-electron chi connectivity index (χ1n) is 17.1. The molecule has 2 atom stereocenters. The number of anilines is 2. The van der Waals surface area contributed by atoms with Gasteiger partial charge in [0.05, 0.1) is 5.54 Å². The lowest BCUT2D eigenvalue weighted by atomic mass is 9.61. The SMILES string of the molecule is CC12CCCCC1(C)N(c1ccncc1)c1ccc(-c3ccc4ccc5c(-c6cccc7ccccc67)ccc6ccc3c4c65)cc12. The van der Waals surface area contributed by atoms with Crippen LogP contribution in [0, 0.1) is 0 Å². The molecule has 2 heteroatoms. The second-order valence-electron chi connectivity index (χ2n) is 14.3. The highest BCUT2D eigenvalue weighted by atomic mass is 15.3. The third kappa shape index (κ3) is 3.59. The number of aromatic nitrogens is 1. The van der Waals surface area contributed by atoms with E-state index in [0.29, 0.717) is 0 Å². The molecule has 2 unspecified atom stereocenters. The van der Waals surface area contributed by atoms with Crippen molar-refractivity contribution in [2.45, 2.75) is 50.5 Å². The van der Waals surface area contributed by atoms with Crippen LogP contribution in [0.4, 0.5) is 11.4 Å². The zero-order chi connectivity index (χ0) is 31.3. The molecular weight excluding hydrogens is 569 g/mol. The summed E-state index contributed by atoms with van der Waals surface area (Å²) in [6, 6.07) is 45.8. The third-order valence-corrected chi connectivity index (χ3v) is 12.1. The number of pyridine rings is 1. The minimum absolute atomic E-state index is 0.0221. The van der Waals surface area contributed by atoms with Crippen molar-refractivity contribution in [3.63, 3.8) is 0 Å². The molecule has 2 nitrogen and oxygen atoms in total. The van der Waals surface area contributed by atoms with Crippen LogP contribution in [0.1, 0.15) is 45.1 Å². The quantitative estimate of drug-likeness (QED) is 0.187. The molecule has 1 fully saturated rings. The minimum Gasteiger partial charge on any atom is -0.334 e. The third-order valence-electron chi connectivity index (χ3n) is 12.1. The molecule has 1 saturated carbocycles. The zero-order valence-corrected chi connectivity index (χ0v) is 26.9. The van der Waals surface area contributed by atoms with Gasteiger partial charge in [0, 0.05) is 29.2 Å². The van der Waals surface area contributed by atoms with E-state index < -0.39 is 0 Å². The van der Waals surface area contributed by atoms with Crippen molar-refractivity contribution in [3.8, 4) is 22.3 Å². The molecule has 0 amide bonds. The summed E-state index contributed by atoms with van der Waals surface area (Å²) in [4.78, 5) is 6.97. The van der Waals surface area contributed by atoms with Gasteiger partial charge < -0.3 is 4.90 Å². The fourth-order valence-electron chi connectivity index (χ4n) is 9.55. The Morgan fingerprint density at radius 3 is 2.02 bits per heavy atom. The molecular formula is C45H36N2. The van der Waals surface area contributed by atoms with Crippen LogP contribution in [0.2, 0.25) is 0 Å². The van der Waals surface area contributed by atoms with Gasteiger partial charge in [0.25, 0.3) is 0 Å². The Labute approximate surface area is 275 Å². The molecule has 0 bridgehead atoms. The molecule has 1 aliphatic heterocycles. The summed E-state index contributed by atoms with van der Waals surface area (Å²) in [7, 11) is 0. The second-order valence-corrected chi connectivity index (χ2v) is 14.3. The van der Waals surface area contributed by atoms with Crippen LogP contribution < -0.4 is 4.90 Å². The van der Waals surface area contributed by atoms with Crippen LogP contribution in [0.5, 0.6) is 0 Å². The molecule has 1 aliphatic carbocycles. The van der Waals surface area contributed by atoms with Gasteiger partial charge in [0.2, 0.25) is 0 Å². The largest absolute Gasteiger partial charge is 0.334 e. The van der Waals surface area contributed by atoms with Crippen LogP contribution in [0.3, 0.4) is 0 Å². The Bertz CT molecular complexity index is 2510. The van der Waals surface area contributed by atoms with Crippen molar-refractivity contribution in [1.82, 2.24) is 4.98 Å². The van der Waals surface area contributed by atoms with Crippen LogP contribution in [0.25, 0.3) is 65.3 Å². The first-order chi connectivity index (χ1) is 23.0. The lowest BCUT2D eigenvalue weighted by Gasteiger charge is -2.50. The lowest BCUT2D eigenvalue weighted by Crippen LogP contribution is -2.54. The summed E-state index contributed by atoms with van der Waals surface area (Å²) >= 11 is 0. The van der Waals surface area contributed by atoms with Gasteiger partial charge in [-0.05, 0) is 115 Å². The zero-order valence-electron chi connectivity index (χ0n) is 26.9. The Balaban J connectivity index is 1.20. The van der Waals surface area contributed by atoms with Crippen molar-refractivity contribution in [2.24, 2.45) is 0 Å². The number of benzene rings is 7. The average Bonchev–Trinajstić information content (AvgIpc) is 3.33. The van der Waals surface area contributed by atoms with E-state index >= 15 is 0 Å². The topological polar surface area (TPSA) is 16.1 Å². The Hall–Kier alpha value is -5.21. The van der Waals surface area contributed by atoms with Gasteiger partial charge in [-0.15, -0.1) is 0 Å². The highest BCUT2D eigenvalue weighted by Gasteiger charge is 2.57. The maximum Gasteiger partial charge on any atom is 0.0517 e. The monoisotopic (exact) mass is 604 g/mol. The second kappa shape index (κ2) is 9.65. The molecule has 0 N–H and O–H groups in total. The Morgan fingerprint density at radius 2 is 1.21 bits per heavy atom. The highest BCUT2D eigenvalue weighted by Crippen LogP contribution is 2.61. The summed E-state index contributed by atoms with van der Waals surface area (Å²) in [5.41, 5.74) is 9.38. The molecule has 47 heavy (non-hydrogen) atoms. The summed E-state index contributed by atoms with van der Waals surface area (Å²) in [6.07, 6.45) is 8.80. The first kappa shape index (κ1) is 27.0. The highest BCUT2D eigenvalue weighted by molar-refractivity contribution is 6.28. The van der Waals surface area contributed by atoms with Crippen molar-refractivity contribution >= 4 is 54.5 Å². The summed E-state index contributed by atoms with van der Waals surface area (Å²) in [5, 5.41) is 10.6. The molecule has 7 aromatic carbocycles. The van der Waals surface area contributed by atoms with Crippen LogP contribution >= 0.6 is 0 Å². The van der Waals surface area contributed by atoms with Gasteiger partial charge in [-0.1, -0.05) is 117 Å². The van der Waals surface area contributed by atoms with Crippen LogP contribution in [-0.4, -0.2) is 10.5 Å². The molecule has 0 spiro atoms. The lowest BCUT2D eigenvalue weighted by molar-refractivity contribution is 0.195. The molecule has 226 valence electrons. The van der Waals surface area contributed by atoms with E-state index in [0.717, 1.165) is 0 Å². The molecule has 10 rings (SSSR count). The van der Waals surface area contributed by atoms with Gasteiger partial charge in [0.15, 0.2) is 0 Å². The smallest absolute Gasteiger partial charge is 0.0517 e. The predicted molar refractivity (Wildman–Crippen MR) is 199 cm³/mol. The Morgan fingerprint density at radius 1 is 0.553 bits per heavy atom. The van der Waals surface area contributed by atoms with Gasteiger partial charge >= 0.3 is 0 Å². The maximum atomic E-state index is 4.34. The van der Waals surface area contributed by atoms with E-state index in [4.69, 9.17) is 0 Å². The summed E-state index contributed by atoms with van der Waals surface area (Å²) in [6.45, 7) is 5.02. The van der Waals surface area contributed by atoms with Crippen molar-refractivity contribution in [3.05, 3.63) is 139 Å². The van der Waals surface area contributed by atoms with E-state index in [1.165, 1.54) is 108 Å². The van der Waals surface area contributed by atoms with Gasteiger partial charge in [0.1, 0.15) is 0 Å². The number of nitrogens with zero attached hydrogens (tertiary/aromatic N) is 2. The normalized spacial score (nSPS) is 20.8. The standard InChI is InChI=1S/C45H36N2/c1-44-24-5-6-25-45(44,2)47(33-22-26-46-27-23-33)41-21-16-32(28-40(41)44)35-17-12-30-15-20-39-37(18-13-31-14-19-38(35)42(30)43(31)39)36-11-7-9-29-8-3-4-10-34(29)36/h3-4,7-23,26-28H,5-6,24-25H2,1-2H3. The van der Waals surface area contributed by atoms with Crippen LogP contribution in [0.15, 0.2) is 134 Å². The number of hydrogen-bond acceptors (Lipinski definition) is 2. The summed E-state index contributed by atoms with van der Waals surface area (Å²) in [5.74, 6) is 0. The van der Waals surface area contributed by atoms with Gasteiger partial charge in [-0.25, -0.2) is 0 Å². The van der Waals surface area contributed by atoms with E-state index in [1.54, 1.807) is 0 Å². The molecule has 1 aromatic heterocycles. The van der Waals surface area contributed by atoms with Crippen molar-refractivity contribution in [2.75, 3.05) is 4.90 Å². The van der Waals surface area contributed by atoms with Gasteiger partial charge in [-0.3, -0.25) is 4.98 Å². The van der Waals surface area contributed by atoms with E-state index in [1.807, 2.05) is 12.4 Å². The average molecular weight is 605 g/mol. The molecule has 8 aromatic rings. The molecule has 2 heterocycles. The van der Waals surface area contributed by atoms with Crippen molar-refractivity contribution in [1.29, 1.82) is 0 Å². The Kier molecular flexibility index (Phi) is 5.54. The summed E-state index contributed by atoms with van der Waals surface area (Å²) < 4.78 is 0. The molecule has 2 aliphatic rings. The van der Waals surface area contributed by atoms with E-state index in [2.05, 4.69) is 145 Å². The first-order valence-corrected chi connectivity index (χ1v) is 17.1. The van der Waals surface area contributed by atoms with E-state index in [-0.39, 0.29) is 11.0 Å². The van der Waals surface area contributed by atoms with E-state index in [9.17, 15) is 0 Å². The molecule has 0 saturated heterocycles. The fourth-order valence-corrected chi connectivity index (χ4v) is 9.55. The van der Waals surface area contributed by atoms with Gasteiger partial charge in [-0.2, -0.15) is 0 Å². The molecule has 0 radical (unpaired) electrons. The number of rotatable bonds is 3. The van der Waals surface area contributed by atoms with Crippen molar-refractivity contribution < 1.29 is 0 Å². The van der Waals surface area contributed by atoms with Crippen LogP contribution in [-0.2, 0) is 5.41 Å².